The Labute approximate surface area is 265 Å². The first-order chi connectivity index (χ1) is 21.5. The third-order valence-electron chi connectivity index (χ3n) is 7.60. The maximum absolute atomic E-state index is 13.6. The quantitative estimate of drug-likeness (QED) is 0.209. The third-order valence-corrected chi connectivity index (χ3v) is 7.60. The zero-order chi connectivity index (χ0) is 33.2. The van der Waals surface area contributed by atoms with Gasteiger partial charge in [-0.1, -0.05) is 24.3 Å². The summed E-state index contributed by atoms with van der Waals surface area (Å²) < 4.78 is 74.0. The second kappa shape index (κ2) is 11.3. The van der Waals surface area contributed by atoms with Gasteiger partial charge in [0.25, 0.3) is 0 Å². The second-order valence-corrected chi connectivity index (χ2v) is 11.1. The standard InChI is InChI=1S/C26H18B5F5N8O2/c27-25(28,29)26(30,31)43-10-15(24(34,35)36)39-20(43)14-3-1-12(2-4-14)9-42-16(45)7-8-44-23(42)40-19(41-44)17-18(13-5-6-13)37-11-38-21(17)46-22(32)33/h1-4,10-11,13,22H,5-9H2. The molecule has 0 saturated heterocycles. The Morgan fingerprint density at radius 1 is 1.00 bits per heavy atom. The van der Waals surface area contributed by atoms with Gasteiger partial charge in [0.05, 0.1) is 58.0 Å². The van der Waals surface area contributed by atoms with Crippen molar-refractivity contribution in [2.45, 2.75) is 61.5 Å². The summed E-state index contributed by atoms with van der Waals surface area (Å²) in [5.41, 5.74) is 0.00267. The number of carbonyl (C=O) groups is 1. The van der Waals surface area contributed by atoms with Crippen LogP contribution in [-0.2, 0) is 29.4 Å². The van der Waals surface area contributed by atoms with Crippen LogP contribution in [0.15, 0.2) is 36.8 Å². The summed E-state index contributed by atoms with van der Waals surface area (Å²) in [6.07, 6.45) is -1.48. The highest BCUT2D eigenvalue weighted by Crippen LogP contribution is 2.45. The fourth-order valence-electron chi connectivity index (χ4n) is 4.98. The van der Waals surface area contributed by atoms with E-state index in [4.69, 9.17) is 39.2 Å². The van der Waals surface area contributed by atoms with Gasteiger partial charge >= 0.3 is 12.8 Å². The number of amides is 1. The minimum atomic E-state index is -4.85. The molecule has 0 spiro atoms. The molecule has 1 fully saturated rings. The molecule has 0 N–H and O–H groups in total. The minimum Gasteiger partial charge on any atom is -0.416 e. The van der Waals surface area contributed by atoms with Crippen molar-refractivity contribution in [1.82, 2.24) is 34.3 Å². The normalized spacial score (nSPS) is 15.8. The molecule has 0 unspecified atom stereocenters. The van der Waals surface area contributed by atoms with Gasteiger partial charge in [-0.05, 0) is 23.7 Å². The summed E-state index contributed by atoms with van der Waals surface area (Å²) in [6.45, 7) is -2.98. The van der Waals surface area contributed by atoms with Gasteiger partial charge in [-0.15, -0.1) is 10.2 Å². The predicted molar refractivity (Wildman–Crippen MR) is 158 cm³/mol. The Morgan fingerprint density at radius 2 is 1.70 bits per heavy atom. The summed E-state index contributed by atoms with van der Waals surface area (Å²) in [5.74, 6) is -0.791. The van der Waals surface area contributed by atoms with Crippen LogP contribution in [-0.4, -0.2) is 86.0 Å². The molecule has 224 valence electrons. The van der Waals surface area contributed by atoms with E-state index in [0.29, 0.717) is 17.5 Å². The minimum absolute atomic E-state index is 0.0114. The molecule has 1 amide bonds. The highest BCUT2D eigenvalue weighted by atomic mass is 19.4. The number of anilines is 1. The van der Waals surface area contributed by atoms with Gasteiger partial charge in [-0.3, -0.25) is 9.69 Å². The van der Waals surface area contributed by atoms with Gasteiger partial charge in [-0.2, -0.15) is 26.9 Å². The van der Waals surface area contributed by atoms with Gasteiger partial charge in [0, 0.05) is 24.1 Å². The average molecular weight is 624 g/mol. The Kier molecular flexibility index (Phi) is 7.83. The Morgan fingerprint density at radius 3 is 2.30 bits per heavy atom. The molecular weight excluding hydrogens is 605 g/mol. The van der Waals surface area contributed by atoms with Crippen molar-refractivity contribution in [3.63, 3.8) is 0 Å². The largest absolute Gasteiger partial charge is 0.434 e. The number of rotatable bonds is 9. The molecule has 10 nitrogen and oxygen atoms in total. The zero-order valence-corrected chi connectivity index (χ0v) is 23.8. The summed E-state index contributed by atoms with van der Waals surface area (Å²) in [5, 5.41) is -0.263. The molecule has 1 aliphatic heterocycles. The number of halogens is 5. The van der Waals surface area contributed by atoms with Crippen LogP contribution in [0.25, 0.3) is 22.8 Å². The first kappa shape index (κ1) is 31.9. The smallest absolute Gasteiger partial charge is 0.416 e. The van der Waals surface area contributed by atoms with E-state index < -0.39 is 28.9 Å². The summed E-state index contributed by atoms with van der Waals surface area (Å²) in [4.78, 5) is 30.7. The number of alkyl halides is 5. The maximum atomic E-state index is 13.6. The van der Waals surface area contributed by atoms with Gasteiger partial charge in [0.2, 0.25) is 17.7 Å². The lowest BCUT2D eigenvalue weighted by Gasteiger charge is -2.44. The molecule has 2 aliphatic rings. The van der Waals surface area contributed by atoms with E-state index in [1.54, 1.807) is 12.1 Å². The fourth-order valence-corrected chi connectivity index (χ4v) is 4.98. The van der Waals surface area contributed by atoms with Crippen molar-refractivity contribution in [3.05, 3.63) is 53.7 Å². The number of carbonyl (C=O) groups excluding carboxylic acids is 1. The number of hydrogen-bond donors (Lipinski definition) is 0. The molecular formula is C26H18B5F5N8O2. The van der Waals surface area contributed by atoms with Crippen LogP contribution in [0.5, 0.6) is 5.88 Å². The molecule has 1 saturated carbocycles. The van der Waals surface area contributed by atoms with E-state index in [1.165, 1.54) is 21.7 Å². The van der Waals surface area contributed by atoms with Gasteiger partial charge in [0.15, 0.2) is 11.5 Å². The molecule has 10 radical (unpaired) electrons. The number of fused-ring (bicyclic) bond motifs is 1. The maximum Gasteiger partial charge on any atom is 0.434 e. The lowest BCUT2D eigenvalue weighted by molar-refractivity contribution is -0.141. The molecule has 4 aromatic rings. The predicted octanol–water partition coefficient (Wildman–Crippen LogP) is 2.56. The Hall–Kier alpha value is -4.11. The van der Waals surface area contributed by atoms with E-state index in [9.17, 15) is 26.7 Å². The number of ether oxygens (including phenoxy) is 1. The van der Waals surface area contributed by atoms with E-state index in [0.717, 1.165) is 23.7 Å². The summed E-state index contributed by atoms with van der Waals surface area (Å²) in [6, 6.07) is 5.98. The first-order valence-electron chi connectivity index (χ1n) is 13.8. The van der Waals surface area contributed by atoms with Crippen molar-refractivity contribution in [3.8, 4) is 28.7 Å². The molecule has 3 aromatic heterocycles. The average Bonchev–Trinajstić information content (AvgIpc) is 3.55. The van der Waals surface area contributed by atoms with Crippen LogP contribution >= 0.6 is 0 Å². The van der Waals surface area contributed by atoms with Crippen LogP contribution in [0.3, 0.4) is 0 Å². The second-order valence-electron chi connectivity index (χ2n) is 11.1. The molecule has 4 heterocycles. The Balaban J connectivity index is 1.32. The van der Waals surface area contributed by atoms with Crippen LogP contribution in [0, 0.1) is 0 Å². The molecule has 0 bridgehead atoms. The Bertz CT molecular complexity index is 1790. The molecule has 1 aromatic carbocycles. The summed E-state index contributed by atoms with van der Waals surface area (Å²) >= 11 is 0. The number of aryl methyl sites for hydroxylation is 1. The zero-order valence-electron chi connectivity index (χ0n) is 23.8. The molecule has 1 aliphatic carbocycles. The van der Waals surface area contributed by atoms with Crippen LogP contribution < -0.4 is 9.64 Å². The van der Waals surface area contributed by atoms with Crippen LogP contribution in [0.2, 0.25) is 5.11 Å². The number of aromatic nitrogens is 7. The molecule has 6 rings (SSSR count). The van der Waals surface area contributed by atoms with Crippen molar-refractivity contribution in [2.24, 2.45) is 0 Å². The monoisotopic (exact) mass is 624 g/mol. The van der Waals surface area contributed by atoms with E-state index in [-0.39, 0.29) is 65.9 Å². The number of hydrogen-bond acceptors (Lipinski definition) is 7. The van der Waals surface area contributed by atoms with Crippen LogP contribution in [0.4, 0.5) is 27.9 Å². The first-order valence-corrected chi connectivity index (χ1v) is 13.8. The van der Waals surface area contributed by atoms with Crippen molar-refractivity contribution in [1.29, 1.82) is 0 Å². The highest BCUT2D eigenvalue weighted by molar-refractivity contribution is 6.66. The van der Waals surface area contributed by atoms with Gasteiger partial charge < -0.3 is 9.30 Å². The van der Waals surface area contributed by atoms with E-state index in [2.05, 4.69) is 29.8 Å². The lowest BCUT2D eigenvalue weighted by atomic mass is 9.26. The molecule has 20 heteroatoms. The SMILES string of the molecule is [B]C([B])([B])C([B])([B])n1cc(C(F)(F)F)nc1-c1ccc(CN2C(=O)CCn3nc(-c4c(OC(F)F)ncnc4C4CC4)nc32)cc1. The lowest BCUT2D eigenvalue weighted by Crippen LogP contribution is -2.48. The van der Waals surface area contributed by atoms with E-state index in [1.807, 2.05) is 0 Å². The van der Waals surface area contributed by atoms with Crippen LogP contribution in [0.1, 0.15) is 42.1 Å². The number of benzene rings is 1. The van der Waals surface area contributed by atoms with Gasteiger partial charge in [-0.25, -0.2) is 19.6 Å². The molecule has 0 atom stereocenters. The molecule has 46 heavy (non-hydrogen) atoms. The third kappa shape index (κ3) is 5.93. The van der Waals surface area contributed by atoms with Crippen molar-refractivity contribution >= 4 is 51.1 Å². The van der Waals surface area contributed by atoms with Crippen molar-refractivity contribution in [2.75, 3.05) is 4.90 Å². The van der Waals surface area contributed by atoms with E-state index >= 15 is 0 Å². The topological polar surface area (TPSA) is 104 Å². The number of imidazole rings is 1. The number of nitrogens with zero attached hydrogens (tertiary/aromatic N) is 8. The highest BCUT2D eigenvalue weighted by Gasteiger charge is 2.40. The van der Waals surface area contributed by atoms with Crippen molar-refractivity contribution < 1.29 is 31.5 Å². The summed E-state index contributed by atoms with van der Waals surface area (Å²) in [7, 11) is 28.9. The van der Waals surface area contributed by atoms with Gasteiger partial charge in [0.1, 0.15) is 17.7 Å². The fraction of sp³-hybridized carbons (Fsp3) is 0.385.